The molecule has 1 unspecified atom stereocenters. The Balaban J connectivity index is 2.24. The fraction of sp³-hybridized carbons (Fsp3) is 0.429. The van der Waals surface area contributed by atoms with Crippen molar-refractivity contribution in [2.24, 2.45) is 0 Å². The van der Waals surface area contributed by atoms with Crippen LogP contribution in [0.4, 0.5) is 8.78 Å². The highest BCUT2D eigenvalue weighted by Crippen LogP contribution is 2.28. The number of hydrogen-bond acceptors (Lipinski definition) is 3. The topological polar surface area (TPSA) is 66.8 Å². The van der Waals surface area contributed by atoms with Gasteiger partial charge in [0.05, 0.1) is 13.5 Å². The number of amides is 1. The molecular formula is C14H15F2NO4. The molecule has 0 bridgehead atoms. The number of nitrogens with zero attached hydrogens (tertiary/aromatic N) is 1. The Hall–Kier alpha value is -2.18. The number of carboxylic acids is 1. The predicted octanol–water partition coefficient (Wildman–Crippen LogP) is 1.94. The molecule has 1 aliphatic rings. The van der Waals surface area contributed by atoms with Crippen LogP contribution in [0, 0.1) is 11.6 Å². The second-order valence-corrected chi connectivity index (χ2v) is 4.87. The number of carbonyl (C=O) groups excluding carboxylic acids is 1. The van der Waals surface area contributed by atoms with E-state index in [1.54, 1.807) is 0 Å². The van der Waals surface area contributed by atoms with E-state index < -0.39 is 29.4 Å². The van der Waals surface area contributed by atoms with E-state index in [4.69, 9.17) is 5.11 Å². The average Bonchev–Trinajstić information content (AvgIpc) is 2.74. The van der Waals surface area contributed by atoms with Gasteiger partial charge in [-0.1, -0.05) is 6.07 Å². The van der Waals surface area contributed by atoms with Crippen LogP contribution >= 0.6 is 0 Å². The lowest BCUT2D eigenvalue weighted by molar-refractivity contribution is -0.139. The van der Waals surface area contributed by atoms with Gasteiger partial charge >= 0.3 is 5.97 Å². The van der Waals surface area contributed by atoms with Crippen LogP contribution in [0.2, 0.25) is 0 Å². The van der Waals surface area contributed by atoms with Crippen molar-refractivity contribution < 1.29 is 28.2 Å². The van der Waals surface area contributed by atoms with Crippen molar-refractivity contribution >= 4 is 11.9 Å². The first kappa shape index (κ1) is 15.2. The summed E-state index contributed by atoms with van der Waals surface area (Å²) in [6.45, 7) is -0.0980. The third-order valence-corrected chi connectivity index (χ3v) is 3.54. The van der Waals surface area contributed by atoms with E-state index >= 15 is 0 Å². The molecule has 1 amide bonds. The lowest BCUT2D eigenvalue weighted by Crippen LogP contribution is -2.34. The SMILES string of the molecule is COc1c(F)ccc(CN2C(=O)CCC2CC(=O)O)c1F. The van der Waals surface area contributed by atoms with Crippen molar-refractivity contribution in [3.8, 4) is 5.75 Å². The van der Waals surface area contributed by atoms with Gasteiger partial charge in [-0.05, 0) is 12.5 Å². The lowest BCUT2D eigenvalue weighted by atomic mass is 10.1. The normalized spacial score (nSPS) is 18.1. The molecule has 1 fully saturated rings. The van der Waals surface area contributed by atoms with Gasteiger partial charge in [-0.25, -0.2) is 8.78 Å². The van der Waals surface area contributed by atoms with Crippen LogP contribution in [0.5, 0.6) is 5.75 Å². The van der Waals surface area contributed by atoms with Crippen molar-refractivity contribution in [1.82, 2.24) is 4.90 Å². The quantitative estimate of drug-likeness (QED) is 0.902. The highest BCUT2D eigenvalue weighted by Gasteiger charge is 2.33. The zero-order chi connectivity index (χ0) is 15.6. The second kappa shape index (κ2) is 6.07. The minimum atomic E-state index is -1.02. The Morgan fingerprint density at radius 1 is 1.48 bits per heavy atom. The summed E-state index contributed by atoms with van der Waals surface area (Å²) in [6, 6.07) is 1.83. The maximum Gasteiger partial charge on any atom is 0.305 e. The van der Waals surface area contributed by atoms with Gasteiger partial charge in [0.15, 0.2) is 17.4 Å². The summed E-state index contributed by atoms with van der Waals surface area (Å²) in [5, 5.41) is 8.84. The van der Waals surface area contributed by atoms with Crippen molar-refractivity contribution in [2.75, 3.05) is 7.11 Å². The zero-order valence-corrected chi connectivity index (χ0v) is 11.4. The number of halogens is 2. The Labute approximate surface area is 120 Å². The fourth-order valence-electron chi connectivity index (χ4n) is 2.49. The molecule has 0 radical (unpaired) electrons. The molecule has 0 aromatic heterocycles. The van der Waals surface area contributed by atoms with Gasteiger partial charge in [-0.2, -0.15) is 0 Å². The van der Waals surface area contributed by atoms with Crippen LogP contribution < -0.4 is 4.74 Å². The number of likely N-dealkylation sites (tertiary alicyclic amines) is 1. The molecule has 1 saturated heterocycles. The number of aliphatic carboxylic acids is 1. The van der Waals surface area contributed by atoms with Crippen molar-refractivity contribution in [2.45, 2.75) is 31.8 Å². The van der Waals surface area contributed by atoms with Gasteiger partial charge < -0.3 is 14.7 Å². The minimum absolute atomic E-state index is 0.0962. The summed E-state index contributed by atoms with van der Waals surface area (Å²) >= 11 is 0. The van der Waals surface area contributed by atoms with Gasteiger partial charge in [0.1, 0.15) is 0 Å². The van der Waals surface area contributed by atoms with Gasteiger partial charge in [0.2, 0.25) is 5.91 Å². The largest absolute Gasteiger partial charge is 0.491 e. The molecule has 0 aliphatic carbocycles. The maximum absolute atomic E-state index is 14.1. The predicted molar refractivity (Wildman–Crippen MR) is 68.7 cm³/mol. The van der Waals surface area contributed by atoms with Crippen LogP contribution in [0.1, 0.15) is 24.8 Å². The number of carboxylic acid groups (broad SMARTS) is 1. The third-order valence-electron chi connectivity index (χ3n) is 3.54. The molecule has 1 aromatic rings. The molecule has 2 rings (SSSR count). The van der Waals surface area contributed by atoms with Crippen molar-refractivity contribution in [1.29, 1.82) is 0 Å². The molecule has 1 aliphatic heterocycles. The highest BCUT2D eigenvalue weighted by molar-refractivity contribution is 5.80. The number of rotatable bonds is 5. The summed E-state index contributed by atoms with van der Waals surface area (Å²) in [4.78, 5) is 23.9. The second-order valence-electron chi connectivity index (χ2n) is 4.87. The molecule has 0 spiro atoms. The smallest absolute Gasteiger partial charge is 0.305 e. The third kappa shape index (κ3) is 3.12. The Morgan fingerprint density at radius 3 is 2.81 bits per heavy atom. The standard InChI is InChI=1S/C14H15F2NO4/c1-21-14-10(15)4-2-8(13(14)16)7-17-9(6-12(19)20)3-5-11(17)18/h2,4,9H,3,5-7H2,1H3,(H,19,20). The number of carbonyl (C=O) groups is 2. The van der Waals surface area contributed by atoms with Crippen LogP contribution in [-0.2, 0) is 16.1 Å². The summed E-state index contributed by atoms with van der Waals surface area (Å²) < 4.78 is 32.1. The summed E-state index contributed by atoms with van der Waals surface area (Å²) in [5.74, 6) is -3.45. The molecule has 0 saturated carbocycles. The first-order valence-electron chi connectivity index (χ1n) is 6.46. The molecule has 7 heteroatoms. The van der Waals surface area contributed by atoms with Gasteiger partial charge in [-0.3, -0.25) is 9.59 Å². The molecule has 21 heavy (non-hydrogen) atoms. The monoisotopic (exact) mass is 299 g/mol. The number of benzene rings is 1. The Bertz CT molecular complexity index is 576. The van der Waals surface area contributed by atoms with E-state index in [0.717, 1.165) is 13.2 Å². The van der Waals surface area contributed by atoms with E-state index in [9.17, 15) is 18.4 Å². The highest BCUT2D eigenvalue weighted by atomic mass is 19.1. The van der Waals surface area contributed by atoms with Crippen LogP contribution in [0.3, 0.4) is 0 Å². The maximum atomic E-state index is 14.1. The molecule has 1 heterocycles. The average molecular weight is 299 g/mol. The fourth-order valence-corrected chi connectivity index (χ4v) is 2.49. The molecular weight excluding hydrogens is 284 g/mol. The van der Waals surface area contributed by atoms with Crippen LogP contribution in [0.15, 0.2) is 12.1 Å². The van der Waals surface area contributed by atoms with E-state index in [0.29, 0.717) is 6.42 Å². The van der Waals surface area contributed by atoms with Gasteiger partial charge in [0, 0.05) is 24.6 Å². The van der Waals surface area contributed by atoms with Crippen molar-refractivity contribution in [3.63, 3.8) is 0 Å². The van der Waals surface area contributed by atoms with Crippen LogP contribution in [-0.4, -0.2) is 35.0 Å². The van der Waals surface area contributed by atoms with Crippen molar-refractivity contribution in [3.05, 3.63) is 29.3 Å². The number of methoxy groups -OCH3 is 1. The van der Waals surface area contributed by atoms with E-state index in [1.165, 1.54) is 11.0 Å². The first-order valence-corrected chi connectivity index (χ1v) is 6.46. The van der Waals surface area contributed by atoms with E-state index in [-0.39, 0.29) is 30.9 Å². The molecule has 5 nitrogen and oxygen atoms in total. The Morgan fingerprint density at radius 2 is 2.19 bits per heavy atom. The molecule has 1 N–H and O–H groups in total. The van der Waals surface area contributed by atoms with Gasteiger partial charge in [-0.15, -0.1) is 0 Å². The molecule has 1 aromatic carbocycles. The van der Waals surface area contributed by atoms with E-state index in [2.05, 4.69) is 4.74 Å². The first-order chi connectivity index (χ1) is 9.93. The molecule has 114 valence electrons. The number of ether oxygens (including phenoxy) is 1. The van der Waals surface area contributed by atoms with Gasteiger partial charge in [0.25, 0.3) is 0 Å². The summed E-state index contributed by atoms with van der Waals surface area (Å²) in [6.07, 6.45) is 0.467. The summed E-state index contributed by atoms with van der Waals surface area (Å²) in [5.41, 5.74) is 0.0962. The summed E-state index contributed by atoms with van der Waals surface area (Å²) in [7, 11) is 1.15. The Kier molecular flexibility index (Phi) is 4.40. The lowest BCUT2D eigenvalue weighted by Gasteiger charge is -2.24. The minimum Gasteiger partial charge on any atom is -0.491 e. The zero-order valence-electron chi connectivity index (χ0n) is 11.4. The van der Waals surface area contributed by atoms with Crippen LogP contribution in [0.25, 0.3) is 0 Å². The number of hydrogen-bond donors (Lipinski definition) is 1. The molecule has 1 atom stereocenters. The van der Waals surface area contributed by atoms with E-state index in [1.807, 2.05) is 0 Å².